The van der Waals surface area contributed by atoms with E-state index in [2.05, 4.69) is 10.6 Å². The predicted octanol–water partition coefficient (Wildman–Crippen LogP) is 3.81. The van der Waals surface area contributed by atoms with E-state index in [4.69, 9.17) is 4.42 Å². The Balaban J connectivity index is 1.56. The van der Waals surface area contributed by atoms with Gasteiger partial charge in [-0.15, -0.1) is 0 Å². The number of hydrogen-bond donors (Lipinski definition) is 2. The number of carbonyl (C=O) groups excluding carboxylic acids is 2. The van der Waals surface area contributed by atoms with Crippen LogP contribution < -0.4 is 16.1 Å². The summed E-state index contributed by atoms with van der Waals surface area (Å²) in [6.07, 6.45) is 0. The minimum Gasteiger partial charge on any atom is -0.455 e. The van der Waals surface area contributed by atoms with Crippen molar-refractivity contribution in [1.82, 2.24) is 10.6 Å². The zero-order chi connectivity index (χ0) is 22.5. The molecule has 0 unspecified atom stereocenters. The molecule has 0 atom stereocenters. The van der Waals surface area contributed by atoms with E-state index < -0.39 is 5.91 Å². The summed E-state index contributed by atoms with van der Waals surface area (Å²) in [6, 6.07) is 23.6. The molecule has 2 amide bonds. The molecule has 0 radical (unpaired) electrons. The Morgan fingerprint density at radius 2 is 1.53 bits per heavy atom. The molecular formula is C26H22N2O4. The van der Waals surface area contributed by atoms with Crippen LogP contribution in [0, 0.1) is 6.92 Å². The lowest BCUT2D eigenvalue weighted by Crippen LogP contribution is -2.36. The summed E-state index contributed by atoms with van der Waals surface area (Å²) in [5, 5.41) is 5.69. The third-order valence-electron chi connectivity index (χ3n) is 5.17. The van der Waals surface area contributed by atoms with Crippen molar-refractivity contribution in [2.24, 2.45) is 0 Å². The SMILES string of the molecule is Cc1c(-c2ccccc2)oc2c(C(=O)NCC(=O)NCc3ccccc3)cccc2c1=O. The summed E-state index contributed by atoms with van der Waals surface area (Å²) < 4.78 is 6.06. The van der Waals surface area contributed by atoms with E-state index in [1.54, 1.807) is 25.1 Å². The molecular weight excluding hydrogens is 404 g/mol. The molecule has 32 heavy (non-hydrogen) atoms. The first-order valence-electron chi connectivity index (χ1n) is 10.3. The highest BCUT2D eigenvalue weighted by Crippen LogP contribution is 2.27. The first kappa shape index (κ1) is 21.1. The lowest BCUT2D eigenvalue weighted by Gasteiger charge is -2.11. The highest BCUT2D eigenvalue weighted by Gasteiger charge is 2.18. The van der Waals surface area contributed by atoms with E-state index in [1.165, 1.54) is 0 Å². The molecule has 6 heteroatoms. The second-order valence-electron chi connectivity index (χ2n) is 7.38. The molecule has 6 nitrogen and oxygen atoms in total. The third-order valence-corrected chi connectivity index (χ3v) is 5.17. The van der Waals surface area contributed by atoms with Gasteiger partial charge in [-0.2, -0.15) is 0 Å². The third kappa shape index (κ3) is 4.44. The van der Waals surface area contributed by atoms with Gasteiger partial charge in [0.1, 0.15) is 5.76 Å². The molecule has 0 saturated heterocycles. The van der Waals surface area contributed by atoms with Gasteiger partial charge in [0.05, 0.1) is 17.5 Å². The van der Waals surface area contributed by atoms with Crippen LogP contribution in [-0.4, -0.2) is 18.4 Å². The second-order valence-corrected chi connectivity index (χ2v) is 7.38. The predicted molar refractivity (Wildman–Crippen MR) is 123 cm³/mol. The van der Waals surface area contributed by atoms with Gasteiger partial charge in [0.25, 0.3) is 5.91 Å². The number of para-hydroxylation sites is 1. The molecule has 0 fully saturated rings. The zero-order valence-electron chi connectivity index (χ0n) is 17.6. The van der Waals surface area contributed by atoms with Gasteiger partial charge < -0.3 is 15.1 Å². The topological polar surface area (TPSA) is 88.4 Å². The van der Waals surface area contributed by atoms with Crippen molar-refractivity contribution in [2.45, 2.75) is 13.5 Å². The monoisotopic (exact) mass is 426 g/mol. The molecule has 0 saturated carbocycles. The number of carbonyl (C=O) groups is 2. The summed E-state index contributed by atoms with van der Waals surface area (Å²) in [4.78, 5) is 37.9. The van der Waals surface area contributed by atoms with Gasteiger partial charge in [-0.25, -0.2) is 0 Å². The fraction of sp³-hybridized carbons (Fsp3) is 0.115. The van der Waals surface area contributed by atoms with E-state index in [9.17, 15) is 14.4 Å². The minimum absolute atomic E-state index is 0.191. The van der Waals surface area contributed by atoms with Crippen LogP contribution in [0.25, 0.3) is 22.3 Å². The Hall–Kier alpha value is -4.19. The number of hydrogen-bond acceptors (Lipinski definition) is 4. The molecule has 0 aliphatic heterocycles. The van der Waals surface area contributed by atoms with Crippen LogP contribution >= 0.6 is 0 Å². The van der Waals surface area contributed by atoms with E-state index >= 15 is 0 Å². The molecule has 0 bridgehead atoms. The molecule has 4 aromatic rings. The Morgan fingerprint density at radius 1 is 0.844 bits per heavy atom. The number of amides is 2. The van der Waals surface area contributed by atoms with Crippen molar-refractivity contribution in [2.75, 3.05) is 6.54 Å². The van der Waals surface area contributed by atoms with Crippen LogP contribution in [0.4, 0.5) is 0 Å². The minimum atomic E-state index is -0.489. The zero-order valence-corrected chi connectivity index (χ0v) is 17.6. The van der Waals surface area contributed by atoms with Gasteiger partial charge in [0.15, 0.2) is 11.0 Å². The Morgan fingerprint density at radius 3 is 2.25 bits per heavy atom. The van der Waals surface area contributed by atoms with Gasteiger partial charge in [-0.05, 0) is 24.6 Å². The second kappa shape index (κ2) is 9.31. The van der Waals surface area contributed by atoms with Gasteiger partial charge in [-0.3, -0.25) is 14.4 Å². The van der Waals surface area contributed by atoms with Gasteiger partial charge in [0, 0.05) is 17.7 Å². The van der Waals surface area contributed by atoms with E-state index in [-0.39, 0.29) is 29.0 Å². The number of rotatable bonds is 6. The fourth-order valence-electron chi connectivity index (χ4n) is 3.47. The standard InChI is InChI=1S/C26H22N2O4/c1-17-23(30)20-13-8-14-21(25(20)32-24(17)19-11-6-3-7-12-19)26(31)28-16-22(29)27-15-18-9-4-2-5-10-18/h2-14H,15-16H2,1H3,(H,27,29)(H,28,31). The summed E-state index contributed by atoms with van der Waals surface area (Å²) in [5.74, 6) is -0.384. The van der Waals surface area contributed by atoms with Crippen LogP contribution in [0.2, 0.25) is 0 Å². The molecule has 4 rings (SSSR count). The van der Waals surface area contributed by atoms with E-state index in [0.717, 1.165) is 11.1 Å². The van der Waals surface area contributed by atoms with Crippen molar-refractivity contribution in [1.29, 1.82) is 0 Å². The number of fused-ring (bicyclic) bond motifs is 1. The molecule has 3 aromatic carbocycles. The summed E-state index contributed by atoms with van der Waals surface area (Å²) >= 11 is 0. The average molecular weight is 426 g/mol. The van der Waals surface area contributed by atoms with Gasteiger partial charge in [0.2, 0.25) is 5.91 Å². The average Bonchev–Trinajstić information content (AvgIpc) is 2.84. The normalized spacial score (nSPS) is 10.7. The van der Waals surface area contributed by atoms with Crippen molar-refractivity contribution >= 4 is 22.8 Å². The largest absolute Gasteiger partial charge is 0.455 e. The van der Waals surface area contributed by atoms with Crippen LogP contribution in [0.5, 0.6) is 0 Å². The summed E-state index contributed by atoms with van der Waals surface area (Å²) in [7, 11) is 0. The summed E-state index contributed by atoms with van der Waals surface area (Å²) in [5.41, 5.74) is 2.39. The lowest BCUT2D eigenvalue weighted by atomic mass is 10.0. The molecule has 0 spiro atoms. The Kier molecular flexibility index (Phi) is 6.12. The van der Waals surface area contributed by atoms with E-state index in [1.807, 2.05) is 60.7 Å². The number of nitrogens with one attached hydrogen (secondary N) is 2. The van der Waals surface area contributed by atoms with Crippen molar-refractivity contribution < 1.29 is 14.0 Å². The molecule has 0 aliphatic rings. The van der Waals surface area contributed by atoms with Gasteiger partial charge >= 0.3 is 0 Å². The summed E-state index contributed by atoms with van der Waals surface area (Å²) in [6.45, 7) is 1.89. The van der Waals surface area contributed by atoms with Crippen LogP contribution in [0.3, 0.4) is 0 Å². The Labute approximate surface area is 184 Å². The maximum Gasteiger partial charge on any atom is 0.255 e. The molecule has 2 N–H and O–H groups in total. The van der Waals surface area contributed by atoms with Crippen LogP contribution in [0.15, 0.2) is 88.1 Å². The molecule has 0 aliphatic carbocycles. The van der Waals surface area contributed by atoms with Crippen molar-refractivity contribution in [3.63, 3.8) is 0 Å². The fourth-order valence-corrected chi connectivity index (χ4v) is 3.47. The van der Waals surface area contributed by atoms with Crippen LogP contribution in [0.1, 0.15) is 21.5 Å². The van der Waals surface area contributed by atoms with Crippen LogP contribution in [-0.2, 0) is 11.3 Å². The van der Waals surface area contributed by atoms with Crippen molar-refractivity contribution in [3.05, 3.63) is 106 Å². The van der Waals surface area contributed by atoms with Crippen molar-refractivity contribution in [3.8, 4) is 11.3 Å². The smallest absolute Gasteiger partial charge is 0.255 e. The molecule has 1 heterocycles. The maximum atomic E-state index is 12.9. The Bertz CT molecular complexity index is 1330. The first-order valence-corrected chi connectivity index (χ1v) is 10.3. The maximum absolute atomic E-state index is 12.9. The molecule has 160 valence electrons. The quantitative estimate of drug-likeness (QED) is 0.491. The highest BCUT2D eigenvalue weighted by molar-refractivity contribution is 6.06. The molecule has 1 aromatic heterocycles. The highest BCUT2D eigenvalue weighted by atomic mass is 16.3. The van der Waals surface area contributed by atoms with Gasteiger partial charge in [-0.1, -0.05) is 66.7 Å². The lowest BCUT2D eigenvalue weighted by molar-refractivity contribution is -0.120. The number of benzene rings is 3. The van der Waals surface area contributed by atoms with E-state index in [0.29, 0.717) is 23.3 Å². The first-order chi connectivity index (χ1) is 15.5.